The fourth-order valence-electron chi connectivity index (χ4n) is 2.47. The molecule has 0 radical (unpaired) electrons. The number of hydrogen-bond acceptors (Lipinski definition) is 5. The van der Waals surface area contributed by atoms with E-state index in [-0.39, 0.29) is 58.1 Å². The Hall–Kier alpha value is -0.260. The van der Waals surface area contributed by atoms with Crippen LogP contribution in [0.25, 0.3) is 0 Å². The van der Waals surface area contributed by atoms with E-state index in [0.717, 1.165) is 12.8 Å². The monoisotopic (exact) mass is 483 g/mol. The summed E-state index contributed by atoms with van der Waals surface area (Å²) in [5.41, 5.74) is 9.43. The fraction of sp³-hybridized carbons (Fsp3) is 1.00. The van der Waals surface area contributed by atoms with Crippen LogP contribution in [-0.2, 0) is 20.2 Å². The molecule has 10 heteroatoms. The minimum Gasteiger partial charge on any atom is -0.354 e. The molecular formula is C20H55N2O6S2+. The zero-order valence-corrected chi connectivity index (χ0v) is 18.7. The highest BCUT2D eigenvalue weighted by atomic mass is 32.2. The zero-order valence-electron chi connectivity index (χ0n) is 17.0. The highest BCUT2D eigenvalue weighted by molar-refractivity contribution is 7.86. The Balaban J connectivity index is -0.0000000847. The highest BCUT2D eigenvalue weighted by Crippen LogP contribution is 2.26. The Labute approximate surface area is 189 Å². The molecule has 0 aromatic carbocycles. The molecule has 192 valence electrons. The van der Waals surface area contributed by atoms with Crippen molar-refractivity contribution in [3.8, 4) is 0 Å². The van der Waals surface area contributed by atoms with Crippen LogP contribution >= 0.6 is 0 Å². The van der Waals surface area contributed by atoms with Crippen molar-refractivity contribution in [2.24, 2.45) is 16.6 Å². The van der Waals surface area contributed by atoms with E-state index in [1.54, 1.807) is 0 Å². The van der Waals surface area contributed by atoms with Gasteiger partial charge in [-0.1, -0.05) is 84.1 Å². The van der Waals surface area contributed by atoms with Crippen molar-refractivity contribution in [2.45, 2.75) is 109 Å². The van der Waals surface area contributed by atoms with Crippen LogP contribution in [0.5, 0.6) is 0 Å². The molecule has 0 fully saturated rings. The van der Waals surface area contributed by atoms with Gasteiger partial charge in [0, 0.05) is 12.5 Å². The predicted molar refractivity (Wildman–Crippen MR) is 132 cm³/mol. The molecule has 0 amide bonds. The SMILES string of the molecule is C.C.C.C.CCC(C)(C)CC(N)CS(=O)(=O)O.CCC(C)(C)CC([NH3+])CS(=O)(=O)O. The van der Waals surface area contributed by atoms with E-state index in [4.69, 9.17) is 14.8 Å². The Morgan fingerprint density at radius 3 is 1.33 bits per heavy atom. The van der Waals surface area contributed by atoms with Crippen molar-refractivity contribution in [1.29, 1.82) is 0 Å². The molecule has 8 nitrogen and oxygen atoms in total. The normalized spacial score (nSPS) is 13.7. The molecule has 7 N–H and O–H groups in total. The van der Waals surface area contributed by atoms with Crippen LogP contribution < -0.4 is 11.5 Å². The van der Waals surface area contributed by atoms with E-state index in [0.29, 0.717) is 12.8 Å². The van der Waals surface area contributed by atoms with Gasteiger partial charge in [-0.3, -0.25) is 9.11 Å². The van der Waals surface area contributed by atoms with E-state index in [2.05, 4.69) is 26.5 Å². The standard InChI is InChI=1S/2C8H19NO3S.4CH4/c2*1-4-8(2,3)5-7(9)6-13(10,11)12;;;;/h2*7H,4-6,9H2,1-3H3,(H,10,11,12);4*1H4/p+1. The van der Waals surface area contributed by atoms with E-state index in [9.17, 15) is 16.8 Å². The molecule has 2 unspecified atom stereocenters. The Bertz CT molecular complexity index is 549. The van der Waals surface area contributed by atoms with Gasteiger partial charge in [-0.2, -0.15) is 16.8 Å². The first kappa shape index (κ1) is 43.6. The summed E-state index contributed by atoms with van der Waals surface area (Å²) in [6, 6.07) is -0.713. The van der Waals surface area contributed by atoms with E-state index in [1.807, 2.05) is 20.8 Å². The van der Waals surface area contributed by atoms with Crippen molar-refractivity contribution >= 4 is 20.2 Å². The predicted octanol–water partition coefficient (Wildman–Crippen LogP) is 3.88. The van der Waals surface area contributed by atoms with Crippen LogP contribution in [-0.4, -0.2) is 49.5 Å². The Kier molecular flexibility index (Phi) is 25.2. The van der Waals surface area contributed by atoms with Crippen molar-refractivity contribution < 1.29 is 31.7 Å². The van der Waals surface area contributed by atoms with Crippen LogP contribution in [0.1, 0.15) is 96.9 Å². The lowest BCUT2D eigenvalue weighted by Gasteiger charge is -2.25. The average Bonchev–Trinajstić information content (AvgIpc) is 2.33. The second-order valence-corrected chi connectivity index (χ2v) is 11.6. The van der Waals surface area contributed by atoms with Crippen molar-refractivity contribution in [1.82, 2.24) is 0 Å². The quantitative estimate of drug-likeness (QED) is 0.342. The highest BCUT2D eigenvalue weighted by Gasteiger charge is 2.25. The largest absolute Gasteiger partial charge is 0.354 e. The zero-order chi connectivity index (χ0) is 21.4. The van der Waals surface area contributed by atoms with Crippen LogP contribution in [0, 0.1) is 10.8 Å². The molecule has 0 aromatic heterocycles. The summed E-state index contributed by atoms with van der Waals surface area (Å²) in [6.07, 6.45) is 3.23. The van der Waals surface area contributed by atoms with Crippen molar-refractivity contribution in [3.05, 3.63) is 0 Å². The van der Waals surface area contributed by atoms with Gasteiger partial charge in [-0.15, -0.1) is 0 Å². The third-order valence-electron chi connectivity index (χ3n) is 4.44. The lowest BCUT2D eigenvalue weighted by Crippen LogP contribution is -2.64. The topological polar surface area (TPSA) is 162 Å². The number of rotatable bonds is 10. The van der Waals surface area contributed by atoms with Gasteiger partial charge in [0.15, 0.2) is 0 Å². The summed E-state index contributed by atoms with van der Waals surface area (Å²) in [6.45, 7) is 12.3. The van der Waals surface area contributed by atoms with Crippen LogP contribution in [0.4, 0.5) is 0 Å². The molecule has 2 atom stereocenters. The third kappa shape index (κ3) is 29.9. The first-order valence-corrected chi connectivity index (χ1v) is 12.0. The number of quaternary nitrogens is 1. The summed E-state index contributed by atoms with van der Waals surface area (Å²) in [7, 11) is -7.80. The maximum atomic E-state index is 10.5. The number of nitrogens with two attached hydrogens (primary N) is 1. The molecule has 0 rings (SSSR count). The molecule has 0 aromatic rings. The lowest BCUT2D eigenvalue weighted by molar-refractivity contribution is -0.417. The average molecular weight is 484 g/mol. The van der Waals surface area contributed by atoms with Gasteiger partial charge in [-0.05, 0) is 17.3 Å². The summed E-state index contributed by atoms with van der Waals surface area (Å²) in [4.78, 5) is 0. The molecular weight excluding hydrogens is 428 g/mol. The van der Waals surface area contributed by atoms with Crippen LogP contribution in [0.3, 0.4) is 0 Å². The maximum Gasteiger partial charge on any atom is 0.270 e. The minimum absolute atomic E-state index is 0. The van der Waals surface area contributed by atoms with Gasteiger partial charge in [0.25, 0.3) is 20.2 Å². The second kappa shape index (κ2) is 17.3. The maximum absolute atomic E-state index is 10.5. The molecule has 0 saturated carbocycles. The van der Waals surface area contributed by atoms with Gasteiger partial charge in [0.1, 0.15) is 11.8 Å². The van der Waals surface area contributed by atoms with E-state index in [1.165, 1.54) is 0 Å². The second-order valence-electron chi connectivity index (χ2n) is 8.57. The summed E-state index contributed by atoms with van der Waals surface area (Å²) in [5.74, 6) is -0.590. The third-order valence-corrected chi connectivity index (χ3v) is 6.18. The minimum atomic E-state index is -3.93. The van der Waals surface area contributed by atoms with Gasteiger partial charge in [-0.25, -0.2) is 0 Å². The first-order valence-electron chi connectivity index (χ1n) is 8.81. The van der Waals surface area contributed by atoms with Crippen molar-refractivity contribution in [2.75, 3.05) is 11.5 Å². The molecule has 0 aliphatic carbocycles. The number of hydrogen-bond donors (Lipinski definition) is 4. The van der Waals surface area contributed by atoms with Gasteiger partial charge >= 0.3 is 0 Å². The Morgan fingerprint density at radius 1 is 0.767 bits per heavy atom. The van der Waals surface area contributed by atoms with Crippen LogP contribution in [0.2, 0.25) is 0 Å². The van der Waals surface area contributed by atoms with E-state index >= 15 is 0 Å². The van der Waals surface area contributed by atoms with Crippen molar-refractivity contribution in [3.63, 3.8) is 0 Å². The molecule has 0 bridgehead atoms. The van der Waals surface area contributed by atoms with E-state index < -0.39 is 26.3 Å². The molecule has 0 aliphatic rings. The smallest absolute Gasteiger partial charge is 0.270 e. The van der Waals surface area contributed by atoms with Gasteiger partial charge in [0.2, 0.25) is 0 Å². The first-order chi connectivity index (χ1) is 11.3. The lowest BCUT2D eigenvalue weighted by atomic mass is 9.84. The summed E-state index contributed by atoms with van der Waals surface area (Å²) in [5, 5.41) is 0. The molecule has 0 heterocycles. The fourth-order valence-corrected chi connectivity index (χ4v) is 3.84. The van der Waals surface area contributed by atoms with Crippen LogP contribution in [0.15, 0.2) is 0 Å². The molecule has 0 spiro atoms. The summed E-state index contributed by atoms with van der Waals surface area (Å²) >= 11 is 0. The molecule has 30 heavy (non-hydrogen) atoms. The molecule has 0 saturated heterocycles. The van der Waals surface area contributed by atoms with Gasteiger partial charge in [0.05, 0.1) is 5.75 Å². The van der Waals surface area contributed by atoms with Gasteiger partial charge < -0.3 is 11.5 Å². The molecule has 0 aliphatic heterocycles. The Morgan fingerprint density at radius 2 is 1.07 bits per heavy atom. The summed E-state index contributed by atoms with van der Waals surface area (Å²) < 4.78 is 59.2.